The molecule has 0 bridgehead atoms. The monoisotopic (exact) mass is 1370 g/mol. The lowest BCUT2D eigenvalue weighted by atomic mass is 9.68. The van der Waals surface area contributed by atoms with Gasteiger partial charge in [-0.1, -0.05) is 66.1 Å². The third-order valence-corrected chi connectivity index (χ3v) is 21.0. The number of rotatable bonds is 7. The standard InChI is InChI=1S/C43H36N4O5.C41H30N6O5/c1-6-46(7-2)41-23-14-10-18-28(48)32(23)37(33-24(41)15-11-19-29(33)49)39-36(27(22-44)45-5)40(43(39)52)38-34-25(16-12-20-30(34)50)42(47(8-3)9-4)26-17-13-21-31(51)35(26)38;1-43-21(16-42)30-37(35-28-19(8-6-10-24(28)48)39-31-22(44(2)17-46(39)4)12-14-26(50)33(31)35)41(52)38(30)36-29-20(9-7-11-25(29)49)40-32-23(45(3)18-47(40)5)13-15-27(51)34(32)36/h10-21H,6-9H2,1-4H3,(H4-,48,49,50,51,52);6-15H,17-18H2,2-5H3,(H4-,48,49,50,51,52). The molecule has 0 aromatic heterocycles. The van der Waals surface area contributed by atoms with Crippen LogP contribution < -0.4 is 45.0 Å². The van der Waals surface area contributed by atoms with E-state index in [9.17, 15) is 51.4 Å². The molecule has 0 saturated heterocycles. The van der Waals surface area contributed by atoms with Gasteiger partial charge in [0.1, 0.15) is 66.1 Å². The van der Waals surface area contributed by atoms with Crippen LogP contribution in [0.4, 0.5) is 22.7 Å². The van der Waals surface area contributed by atoms with Crippen LogP contribution >= 0.6 is 0 Å². The Morgan fingerprint density at radius 1 is 0.481 bits per heavy atom. The molecule has 0 atom stereocenters. The van der Waals surface area contributed by atoms with Crippen LogP contribution in [0.25, 0.3) is 96.6 Å². The predicted molar refractivity (Wildman–Crippen MR) is 402 cm³/mol. The molecule has 2 aliphatic heterocycles. The number of aromatic hydroxyl groups is 8. The minimum absolute atomic E-state index is 0.00634. The van der Waals surface area contributed by atoms with Crippen LogP contribution in [0.15, 0.2) is 173 Å². The number of hydrogen-bond acceptors (Lipinski definition) is 16. The SMILES string of the molecule is [C-]#[N+]C(C#N)=C1C(=C2c3c(O)cccc3C(=[N+](CC)CC)c3cccc(O)c32)C([O-])=C1c1c2c(O)cccc2c(N(CC)CC)c2cccc(O)c12.[C-]#[N+]C(C#N)=C1C(c2c3c(O)cccc3c3c4c(ccc(O)c24)N(C)CN3C)=C([O-])/C1=c1/c2c(O)cccc2c2c3c(ccc(O)c13)N(C)C[N+]=2C. The normalized spacial score (nSPS) is 15.9. The second kappa shape index (κ2) is 24.5. The van der Waals surface area contributed by atoms with E-state index in [1.807, 2.05) is 124 Å². The minimum Gasteiger partial charge on any atom is -0.872 e. The van der Waals surface area contributed by atoms with Gasteiger partial charge in [-0.15, -0.1) is 0 Å². The molecule has 0 radical (unpaired) electrons. The predicted octanol–water partition coefficient (Wildman–Crippen LogP) is 11.3. The number of allylic oxidation sites excluding steroid dienone is 6. The Labute approximate surface area is 596 Å². The van der Waals surface area contributed by atoms with Crippen LogP contribution in [0, 0.1) is 35.8 Å². The first-order valence-electron chi connectivity index (χ1n) is 33.8. The zero-order valence-corrected chi connectivity index (χ0v) is 57.8. The maximum atomic E-state index is 15.2. The van der Waals surface area contributed by atoms with E-state index in [-0.39, 0.29) is 156 Å². The molecule has 0 amide bonds. The number of hydrogen-bond donors (Lipinski definition) is 8. The molecule has 20 heteroatoms. The molecule has 8 N–H and O–H groups in total. The zero-order chi connectivity index (χ0) is 73.5. The number of phenols is 8. The molecule has 0 fully saturated rings. The van der Waals surface area contributed by atoms with Crippen molar-refractivity contribution in [3.63, 3.8) is 0 Å². The van der Waals surface area contributed by atoms with Gasteiger partial charge in [0, 0.05) is 138 Å². The Hall–Kier alpha value is -13.8. The fourth-order valence-electron chi connectivity index (χ4n) is 16.9. The van der Waals surface area contributed by atoms with E-state index >= 15 is 10.2 Å². The molecule has 16 rings (SSSR count). The van der Waals surface area contributed by atoms with Gasteiger partial charge in [-0.2, -0.15) is 0 Å². The first-order valence-corrected chi connectivity index (χ1v) is 33.8. The number of nitriles is 2. The number of phenolic OH excluding ortho intramolecular Hbond substituents is 8. The van der Waals surface area contributed by atoms with Crippen LogP contribution in [0.5, 0.6) is 46.0 Å². The van der Waals surface area contributed by atoms with E-state index < -0.39 is 11.5 Å². The van der Waals surface area contributed by atoms with Crippen molar-refractivity contribution in [2.75, 3.05) is 87.3 Å². The van der Waals surface area contributed by atoms with Crippen molar-refractivity contribution in [2.24, 2.45) is 0 Å². The van der Waals surface area contributed by atoms with E-state index in [0.29, 0.717) is 83.0 Å². The van der Waals surface area contributed by atoms with Gasteiger partial charge in [0.25, 0.3) is 11.4 Å². The molecule has 3 aliphatic carbocycles. The van der Waals surface area contributed by atoms with E-state index in [2.05, 4.69) is 19.2 Å². The van der Waals surface area contributed by atoms with Crippen LogP contribution in [-0.4, -0.2) is 119 Å². The second-order valence-electron chi connectivity index (χ2n) is 26.3. The van der Waals surface area contributed by atoms with Crippen LogP contribution in [0.3, 0.4) is 0 Å². The molecule has 11 aromatic rings. The van der Waals surface area contributed by atoms with Gasteiger partial charge in [0.05, 0.1) is 70.9 Å². The Bertz CT molecular complexity index is 6210. The van der Waals surface area contributed by atoms with Crippen molar-refractivity contribution < 1.29 is 55.6 Å². The maximum Gasteiger partial charge on any atom is 0.270 e. The molecule has 104 heavy (non-hydrogen) atoms. The van der Waals surface area contributed by atoms with Crippen LogP contribution in [-0.2, 0) is 0 Å². The first-order chi connectivity index (χ1) is 50.2. The van der Waals surface area contributed by atoms with E-state index in [1.54, 1.807) is 60.7 Å². The van der Waals surface area contributed by atoms with Crippen molar-refractivity contribution in [3.05, 3.63) is 240 Å². The lowest BCUT2D eigenvalue weighted by Crippen LogP contribution is -2.42. The van der Waals surface area contributed by atoms with Crippen molar-refractivity contribution in [1.29, 1.82) is 10.5 Å². The summed E-state index contributed by atoms with van der Waals surface area (Å²) in [7, 11) is 7.65. The highest BCUT2D eigenvalue weighted by atomic mass is 16.3. The summed E-state index contributed by atoms with van der Waals surface area (Å²) < 4.78 is 4.11. The molecule has 0 spiro atoms. The molecule has 5 aliphatic rings. The number of nitrogens with zero attached hydrogens (tertiary/aromatic N) is 10. The summed E-state index contributed by atoms with van der Waals surface area (Å²) in [5.41, 5.74) is 5.41. The van der Waals surface area contributed by atoms with Gasteiger partial charge in [-0.3, -0.25) is 0 Å². The Balaban J connectivity index is 0.000000167. The third-order valence-electron chi connectivity index (χ3n) is 21.0. The third kappa shape index (κ3) is 9.05. The lowest BCUT2D eigenvalue weighted by Gasteiger charge is -2.41. The number of fused-ring (bicyclic) bond motifs is 8. The highest BCUT2D eigenvalue weighted by molar-refractivity contribution is 6.31. The smallest absolute Gasteiger partial charge is 0.270 e. The van der Waals surface area contributed by atoms with E-state index in [1.165, 1.54) is 36.4 Å². The quantitative estimate of drug-likeness (QED) is 0.0319. The van der Waals surface area contributed by atoms with E-state index in [0.717, 1.165) is 33.8 Å². The lowest BCUT2D eigenvalue weighted by molar-refractivity contribution is -0.519. The summed E-state index contributed by atoms with van der Waals surface area (Å²) in [6.07, 6.45) is 0. The highest BCUT2D eigenvalue weighted by Crippen LogP contribution is 2.61. The Morgan fingerprint density at radius 3 is 1.42 bits per heavy atom. The molecule has 11 aromatic carbocycles. The fourth-order valence-corrected chi connectivity index (χ4v) is 16.9. The summed E-state index contributed by atoms with van der Waals surface area (Å²) >= 11 is 0. The summed E-state index contributed by atoms with van der Waals surface area (Å²) in [5, 5.41) is 150. The fraction of sp³-hybridized carbons (Fsp3) is 0.167. The van der Waals surface area contributed by atoms with Gasteiger partial charge < -0.3 is 70.7 Å². The summed E-state index contributed by atoms with van der Waals surface area (Å²) in [6, 6.07) is 41.0. The molecule has 20 nitrogen and oxygen atoms in total. The van der Waals surface area contributed by atoms with Crippen LogP contribution in [0.2, 0.25) is 0 Å². The van der Waals surface area contributed by atoms with Gasteiger partial charge >= 0.3 is 0 Å². The second-order valence-corrected chi connectivity index (χ2v) is 26.3. The van der Waals surface area contributed by atoms with Gasteiger partial charge in [0.2, 0.25) is 17.7 Å². The maximum absolute atomic E-state index is 15.2. The summed E-state index contributed by atoms with van der Waals surface area (Å²) in [5.74, 6) is -2.30. The topological polar surface area (TPSA) is 283 Å². The van der Waals surface area contributed by atoms with Crippen molar-refractivity contribution in [3.8, 4) is 58.1 Å². The van der Waals surface area contributed by atoms with Gasteiger partial charge in [-0.05, 0) is 129 Å². The van der Waals surface area contributed by atoms with Gasteiger partial charge in [-0.25, -0.2) is 29.4 Å². The Morgan fingerprint density at radius 2 is 0.913 bits per heavy atom. The molecule has 0 unspecified atom stereocenters. The Kier molecular flexibility index (Phi) is 15.6. The first kappa shape index (κ1) is 66.1. The summed E-state index contributed by atoms with van der Waals surface area (Å²) in [4.78, 5) is 15.3. The average Bonchev–Trinajstić information content (AvgIpc) is 0.684. The summed E-state index contributed by atoms with van der Waals surface area (Å²) in [6.45, 7) is 27.8. The van der Waals surface area contributed by atoms with Crippen LogP contribution in [0.1, 0.15) is 61.1 Å². The largest absolute Gasteiger partial charge is 0.872 e. The molecule has 512 valence electrons. The van der Waals surface area contributed by atoms with Crippen molar-refractivity contribution in [2.45, 2.75) is 27.7 Å². The molecular formula is C84H66N10O10. The number of benzene rings is 11. The minimum atomic E-state index is -0.573. The highest BCUT2D eigenvalue weighted by Gasteiger charge is 2.43. The molecule has 2 heterocycles. The zero-order valence-electron chi connectivity index (χ0n) is 57.8. The average molecular weight is 1380 g/mol. The van der Waals surface area contributed by atoms with Crippen molar-refractivity contribution in [1.82, 2.24) is 4.58 Å². The molecular weight excluding hydrogens is 1310 g/mol. The molecule has 0 saturated carbocycles. The number of anilines is 4. The van der Waals surface area contributed by atoms with E-state index in [4.69, 9.17) is 13.1 Å². The van der Waals surface area contributed by atoms with Gasteiger partial charge in [0.15, 0.2) is 0 Å². The van der Waals surface area contributed by atoms with Crippen molar-refractivity contribution >= 4 is 115 Å².